The molecule has 21 heavy (non-hydrogen) atoms. The van der Waals surface area contributed by atoms with Gasteiger partial charge in [0.25, 0.3) is 0 Å². The fourth-order valence-corrected chi connectivity index (χ4v) is 2.91. The molecule has 0 aromatic heterocycles. The minimum atomic E-state index is -0.307. The Labute approximate surface area is 125 Å². The van der Waals surface area contributed by atoms with Crippen LogP contribution in [-0.2, 0) is 16.0 Å². The third kappa shape index (κ3) is 3.97. The second-order valence-electron chi connectivity index (χ2n) is 5.39. The molecular weight excluding hydrogens is 268 g/mol. The Hall–Kier alpha value is -2.04. The van der Waals surface area contributed by atoms with Crippen molar-refractivity contribution < 1.29 is 14.3 Å². The van der Waals surface area contributed by atoms with Crippen molar-refractivity contribution in [3.05, 3.63) is 35.9 Å². The van der Waals surface area contributed by atoms with Gasteiger partial charge in [-0.2, -0.15) is 0 Å². The summed E-state index contributed by atoms with van der Waals surface area (Å²) in [7, 11) is 0. The predicted octanol–water partition coefficient (Wildman–Crippen LogP) is 1.81. The minimum absolute atomic E-state index is 0.0445. The van der Waals surface area contributed by atoms with Gasteiger partial charge in [-0.15, -0.1) is 0 Å². The first-order valence-electron chi connectivity index (χ1n) is 7.36. The molecule has 1 fully saturated rings. The molecule has 1 heterocycles. The standard InChI is InChI=1S/C16H22N2O3/c1-2-21-16(20)18-9-8-14(15(17)19)13(11-18)10-12-6-4-3-5-7-12/h3-7,13-14H,2,8-11H2,1H3,(H2,17,19). The summed E-state index contributed by atoms with van der Waals surface area (Å²) in [6, 6.07) is 9.96. The number of carbonyl (C=O) groups is 2. The number of amides is 2. The molecule has 1 aromatic carbocycles. The first-order valence-corrected chi connectivity index (χ1v) is 7.36. The summed E-state index contributed by atoms with van der Waals surface area (Å²) in [6.07, 6.45) is 1.04. The van der Waals surface area contributed by atoms with Gasteiger partial charge in [0, 0.05) is 19.0 Å². The van der Waals surface area contributed by atoms with Gasteiger partial charge in [0.2, 0.25) is 5.91 Å². The largest absolute Gasteiger partial charge is 0.450 e. The number of nitrogens with two attached hydrogens (primary N) is 1. The van der Waals surface area contributed by atoms with E-state index in [9.17, 15) is 9.59 Å². The summed E-state index contributed by atoms with van der Waals surface area (Å²) in [5, 5.41) is 0. The maximum Gasteiger partial charge on any atom is 0.409 e. The summed E-state index contributed by atoms with van der Waals surface area (Å²) < 4.78 is 5.05. The van der Waals surface area contributed by atoms with Gasteiger partial charge in [-0.3, -0.25) is 4.79 Å². The smallest absolute Gasteiger partial charge is 0.409 e. The molecule has 0 saturated carbocycles. The molecule has 2 amide bonds. The van der Waals surface area contributed by atoms with Crippen LogP contribution in [0.15, 0.2) is 30.3 Å². The Bertz CT molecular complexity index is 490. The number of primary amides is 1. The highest BCUT2D eigenvalue weighted by Crippen LogP contribution is 2.27. The molecule has 0 radical (unpaired) electrons. The SMILES string of the molecule is CCOC(=O)N1CCC(C(N)=O)C(Cc2ccccc2)C1. The zero-order chi connectivity index (χ0) is 15.2. The second kappa shape index (κ2) is 7.11. The van der Waals surface area contributed by atoms with E-state index in [-0.39, 0.29) is 23.8 Å². The Morgan fingerprint density at radius 2 is 2.05 bits per heavy atom. The van der Waals surface area contributed by atoms with Crippen molar-refractivity contribution in [1.29, 1.82) is 0 Å². The maximum atomic E-state index is 11.9. The fraction of sp³-hybridized carbons (Fsp3) is 0.500. The van der Waals surface area contributed by atoms with Gasteiger partial charge in [-0.1, -0.05) is 30.3 Å². The number of ether oxygens (including phenoxy) is 1. The molecule has 114 valence electrons. The van der Waals surface area contributed by atoms with Crippen molar-refractivity contribution in [2.24, 2.45) is 17.6 Å². The topological polar surface area (TPSA) is 72.6 Å². The van der Waals surface area contributed by atoms with Crippen molar-refractivity contribution in [1.82, 2.24) is 4.90 Å². The molecule has 1 saturated heterocycles. The second-order valence-corrected chi connectivity index (χ2v) is 5.39. The Kier molecular flexibility index (Phi) is 5.20. The first-order chi connectivity index (χ1) is 10.1. The molecule has 1 aliphatic heterocycles. The molecule has 2 N–H and O–H groups in total. The van der Waals surface area contributed by atoms with Crippen LogP contribution in [0.2, 0.25) is 0 Å². The molecule has 0 aliphatic carbocycles. The lowest BCUT2D eigenvalue weighted by Crippen LogP contribution is -2.48. The number of hydrogen-bond acceptors (Lipinski definition) is 3. The van der Waals surface area contributed by atoms with E-state index in [2.05, 4.69) is 0 Å². The molecule has 2 rings (SSSR count). The van der Waals surface area contributed by atoms with Crippen LogP contribution in [0.25, 0.3) is 0 Å². The number of hydrogen-bond donors (Lipinski definition) is 1. The number of nitrogens with zero attached hydrogens (tertiary/aromatic N) is 1. The lowest BCUT2D eigenvalue weighted by atomic mass is 9.81. The summed E-state index contributed by atoms with van der Waals surface area (Å²) in [5.74, 6) is -0.418. The van der Waals surface area contributed by atoms with E-state index in [4.69, 9.17) is 10.5 Å². The Morgan fingerprint density at radius 3 is 2.67 bits per heavy atom. The normalized spacial score (nSPS) is 21.9. The number of rotatable bonds is 4. The van der Waals surface area contributed by atoms with Crippen molar-refractivity contribution in [2.45, 2.75) is 19.8 Å². The van der Waals surface area contributed by atoms with Gasteiger partial charge in [-0.25, -0.2) is 4.79 Å². The third-order valence-electron chi connectivity index (χ3n) is 3.97. The van der Waals surface area contributed by atoms with Gasteiger partial charge in [-0.05, 0) is 31.2 Å². The molecule has 5 heteroatoms. The molecule has 0 spiro atoms. The van der Waals surface area contributed by atoms with E-state index in [1.807, 2.05) is 30.3 Å². The van der Waals surface area contributed by atoms with E-state index in [0.29, 0.717) is 26.1 Å². The Balaban J connectivity index is 2.08. The average Bonchev–Trinajstić information content (AvgIpc) is 2.48. The van der Waals surface area contributed by atoms with Crippen molar-refractivity contribution in [3.8, 4) is 0 Å². The lowest BCUT2D eigenvalue weighted by molar-refractivity contribution is -0.125. The monoisotopic (exact) mass is 290 g/mol. The predicted molar refractivity (Wildman–Crippen MR) is 79.5 cm³/mol. The number of carbonyl (C=O) groups excluding carboxylic acids is 2. The van der Waals surface area contributed by atoms with Gasteiger partial charge in [0.1, 0.15) is 0 Å². The number of likely N-dealkylation sites (tertiary alicyclic amines) is 1. The fourth-order valence-electron chi connectivity index (χ4n) is 2.91. The summed E-state index contributed by atoms with van der Waals surface area (Å²) >= 11 is 0. The van der Waals surface area contributed by atoms with Crippen molar-refractivity contribution in [3.63, 3.8) is 0 Å². The third-order valence-corrected chi connectivity index (χ3v) is 3.97. The molecule has 0 bridgehead atoms. The summed E-state index contributed by atoms with van der Waals surface area (Å²) in [5.41, 5.74) is 6.67. The van der Waals surface area contributed by atoms with Gasteiger partial charge >= 0.3 is 6.09 Å². The quantitative estimate of drug-likeness (QED) is 0.919. The van der Waals surface area contributed by atoms with Gasteiger partial charge < -0.3 is 15.4 Å². The van der Waals surface area contributed by atoms with Crippen LogP contribution >= 0.6 is 0 Å². The molecule has 2 atom stereocenters. The van der Waals surface area contributed by atoms with Crippen LogP contribution in [0, 0.1) is 11.8 Å². The molecular formula is C16H22N2O3. The van der Waals surface area contributed by atoms with Crippen molar-refractivity contribution >= 4 is 12.0 Å². The number of benzene rings is 1. The van der Waals surface area contributed by atoms with E-state index < -0.39 is 0 Å². The first kappa shape index (κ1) is 15.4. The highest BCUT2D eigenvalue weighted by molar-refractivity contribution is 5.77. The highest BCUT2D eigenvalue weighted by Gasteiger charge is 2.35. The van der Waals surface area contributed by atoms with Crippen LogP contribution < -0.4 is 5.73 Å². The summed E-state index contributed by atoms with van der Waals surface area (Å²) in [4.78, 5) is 25.2. The number of piperidine rings is 1. The molecule has 1 aromatic rings. The minimum Gasteiger partial charge on any atom is -0.450 e. The molecule has 5 nitrogen and oxygen atoms in total. The van der Waals surface area contributed by atoms with E-state index in [0.717, 1.165) is 12.0 Å². The zero-order valence-corrected chi connectivity index (χ0v) is 12.3. The van der Waals surface area contributed by atoms with Crippen LogP contribution in [0.5, 0.6) is 0 Å². The van der Waals surface area contributed by atoms with Crippen molar-refractivity contribution in [2.75, 3.05) is 19.7 Å². The van der Waals surface area contributed by atoms with E-state index in [1.54, 1.807) is 11.8 Å². The zero-order valence-electron chi connectivity index (χ0n) is 12.3. The lowest BCUT2D eigenvalue weighted by Gasteiger charge is -2.36. The van der Waals surface area contributed by atoms with Crippen LogP contribution in [0.3, 0.4) is 0 Å². The van der Waals surface area contributed by atoms with Crippen LogP contribution in [-0.4, -0.2) is 36.6 Å². The average molecular weight is 290 g/mol. The molecule has 2 unspecified atom stereocenters. The molecule has 1 aliphatic rings. The van der Waals surface area contributed by atoms with E-state index in [1.165, 1.54) is 0 Å². The summed E-state index contributed by atoms with van der Waals surface area (Å²) in [6.45, 7) is 3.19. The van der Waals surface area contributed by atoms with Gasteiger partial charge in [0.15, 0.2) is 0 Å². The highest BCUT2D eigenvalue weighted by atomic mass is 16.6. The van der Waals surface area contributed by atoms with E-state index >= 15 is 0 Å². The van der Waals surface area contributed by atoms with Gasteiger partial charge in [0.05, 0.1) is 6.61 Å². The maximum absolute atomic E-state index is 11.9. The Morgan fingerprint density at radius 1 is 1.33 bits per heavy atom. The van der Waals surface area contributed by atoms with Crippen LogP contribution in [0.1, 0.15) is 18.9 Å². The van der Waals surface area contributed by atoms with Crippen LogP contribution in [0.4, 0.5) is 4.79 Å².